The largest absolute Gasteiger partial charge is 0.483 e. The lowest BCUT2D eigenvalue weighted by molar-refractivity contribution is -0.386. The maximum atomic E-state index is 10.9. The first-order valence-corrected chi connectivity index (χ1v) is 4.70. The number of rotatable bonds is 5. The van der Waals surface area contributed by atoms with Gasteiger partial charge in [-0.2, -0.15) is 0 Å². The van der Waals surface area contributed by atoms with Crippen LogP contribution in [0.3, 0.4) is 0 Å². The molecule has 0 unspecified atom stereocenters. The number of ether oxygens (including phenoxy) is 1. The quantitative estimate of drug-likeness (QED) is 0.423. The third kappa shape index (κ3) is 2.56. The van der Waals surface area contributed by atoms with Gasteiger partial charge in [-0.1, -0.05) is 31.7 Å². The van der Waals surface area contributed by atoms with E-state index in [0.717, 1.165) is 0 Å². The average Bonchev–Trinajstić information content (AvgIpc) is 2.25. The zero-order chi connectivity index (χ0) is 11.3. The second-order valence-electron chi connectivity index (χ2n) is 2.97. The number of benzene rings is 1. The van der Waals surface area contributed by atoms with Crippen LogP contribution in [0.5, 0.6) is 5.75 Å². The Morgan fingerprint density at radius 2 is 2.33 bits per heavy atom. The van der Waals surface area contributed by atoms with E-state index < -0.39 is 4.92 Å². The summed E-state index contributed by atoms with van der Waals surface area (Å²) in [6.07, 6.45) is 2.17. The molecule has 0 spiro atoms. The number of nitro groups is 1. The minimum absolute atomic E-state index is 0.0573. The molecule has 0 aliphatic carbocycles. The zero-order valence-corrected chi connectivity index (χ0v) is 8.60. The van der Waals surface area contributed by atoms with Gasteiger partial charge in [0.05, 0.1) is 4.92 Å². The molecule has 0 bridgehead atoms. The smallest absolute Gasteiger partial charge is 0.314 e. The molecule has 0 radical (unpaired) electrons. The first-order valence-electron chi connectivity index (χ1n) is 4.70. The Balaban J connectivity index is 3.12. The molecular formula is C11H13NO3. The number of hydrogen-bond acceptors (Lipinski definition) is 3. The van der Waals surface area contributed by atoms with Crippen LogP contribution in [-0.2, 0) is 6.42 Å². The Labute approximate surface area is 88.3 Å². The Bertz CT molecular complexity index is 374. The van der Waals surface area contributed by atoms with Gasteiger partial charge in [0.1, 0.15) is 6.61 Å². The van der Waals surface area contributed by atoms with Crippen molar-refractivity contribution in [3.63, 3.8) is 0 Å². The van der Waals surface area contributed by atoms with Crippen molar-refractivity contribution in [2.45, 2.75) is 13.3 Å². The molecule has 0 saturated carbocycles. The molecule has 1 rings (SSSR count). The molecule has 0 aromatic heterocycles. The molecule has 0 aliphatic rings. The van der Waals surface area contributed by atoms with Crippen molar-refractivity contribution in [1.82, 2.24) is 0 Å². The van der Waals surface area contributed by atoms with E-state index in [1.165, 1.54) is 0 Å². The van der Waals surface area contributed by atoms with E-state index in [4.69, 9.17) is 4.74 Å². The molecule has 15 heavy (non-hydrogen) atoms. The van der Waals surface area contributed by atoms with Crippen LogP contribution >= 0.6 is 0 Å². The summed E-state index contributed by atoms with van der Waals surface area (Å²) in [5, 5.41) is 10.9. The van der Waals surface area contributed by atoms with Crippen LogP contribution in [0, 0.1) is 10.1 Å². The molecule has 0 N–H and O–H groups in total. The lowest BCUT2D eigenvalue weighted by atomic mass is 10.1. The van der Waals surface area contributed by atoms with Crippen LogP contribution in [0.25, 0.3) is 0 Å². The summed E-state index contributed by atoms with van der Waals surface area (Å²) in [5.74, 6) is 0.305. The van der Waals surface area contributed by atoms with Crippen LogP contribution in [-0.4, -0.2) is 11.5 Å². The van der Waals surface area contributed by atoms with E-state index in [1.54, 1.807) is 24.3 Å². The first-order chi connectivity index (χ1) is 7.20. The summed E-state index contributed by atoms with van der Waals surface area (Å²) in [4.78, 5) is 10.5. The van der Waals surface area contributed by atoms with Crippen LogP contribution in [0.2, 0.25) is 0 Å². The Morgan fingerprint density at radius 3 is 2.87 bits per heavy atom. The number of para-hydroxylation sites is 1. The van der Waals surface area contributed by atoms with E-state index >= 15 is 0 Å². The summed E-state index contributed by atoms with van der Waals surface area (Å²) in [6.45, 7) is 5.64. The van der Waals surface area contributed by atoms with Crippen LogP contribution in [0.15, 0.2) is 30.9 Å². The summed E-state index contributed by atoms with van der Waals surface area (Å²) in [6, 6.07) is 5.09. The van der Waals surface area contributed by atoms with Gasteiger partial charge >= 0.3 is 5.69 Å². The molecule has 0 atom stereocenters. The number of hydrogen-bond donors (Lipinski definition) is 0. The maximum Gasteiger partial charge on any atom is 0.314 e. The van der Waals surface area contributed by atoms with E-state index in [9.17, 15) is 10.1 Å². The highest BCUT2D eigenvalue weighted by molar-refractivity contribution is 5.52. The monoisotopic (exact) mass is 207 g/mol. The third-order valence-electron chi connectivity index (χ3n) is 2.00. The molecule has 0 heterocycles. The van der Waals surface area contributed by atoms with Crippen molar-refractivity contribution in [3.05, 3.63) is 46.5 Å². The lowest BCUT2D eigenvalue weighted by Crippen LogP contribution is -2.01. The van der Waals surface area contributed by atoms with Gasteiger partial charge in [-0.25, -0.2) is 0 Å². The SMILES string of the molecule is C=CCOc1cccc(CC)c1[N+](=O)[O-]. The minimum Gasteiger partial charge on any atom is -0.483 e. The second-order valence-corrected chi connectivity index (χ2v) is 2.97. The van der Waals surface area contributed by atoms with Crippen LogP contribution in [0.1, 0.15) is 12.5 Å². The van der Waals surface area contributed by atoms with E-state index in [1.807, 2.05) is 6.92 Å². The number of nitrogens with zero attached hydrogens (tertiary/aromatic N) is 1. The molecule has 0 aliphatic heterocycles. The average molecular weight is 207 g/mol. The summed E-state index contributed by atoms with van der Waals surface area (Å²) in [7, 11) is 0. The van der Waals surface area contributed by atoms with Crippen LogP contribution in [0.4, 0.5) is 5.69 Å². The standard InChI is InChI=1S/C11H13NO3/c1-3-8-15-10-7-5-6-9(4-2)11(10)12(13)14/h3,5-7H,1,4,8H2,2H3. The molecule has 4 nitrogen and oxygen atoms in total. The van der Waals surface area contributed by atoms with E-state index in [-0.39, 0.29) is 12.3 Å². The first kappa shape index (κ1) is 11.2. The molecule has 80 valence electrons. The maximum absolute atomic E-state index is 10.9. The molecule has 1 aromatic carbocycles. The fourth-order valence-electron chi connectivity index (χ4n) is 1.33. The molecular weight excluding hydrogens is 194 g/mol. The fourth-order valence-corrected chi connectivity index (χ4v) is 1.33. The van der Waals surface area contributed by atoms with Gasteiger partial charge in [-0.15, -0.1) is 0 Å². The lowest BCUT2D eigenvalue weighted by Gasteiger charge is -2.06. The molecule has 4 heteroatoms. The highest BCUT2D eigenvalue weighted by Gasteiger charge is 2.18. The Hall–Kier alpha value is -1.84. The predicted molar refractivity (Wildman–Crippen MR) is 58.2 cm³/mol. The topological polar surface area (TPSA) is 52.4 Å². The van der Waals surface area contributed by atoms with Gasteiger partial charge in [0.15, 0.2) is 5.75 Å². The normalized spacial score (nSPS) is 9.67. The van der Waals surface area contributed by atoms with Crippen molar-refractivity contribution in [1.29, 1.82) is 0 Å². The molecule has 1 aromatic rings. The van der Waals surface area contributed by atoms with Gasteiger partial charge in [-0.05, 0) is 12.5 Å². The third-order valence-corrected chi connectivity index (χ3v) is 2.00. The van der Waals surface area contributed by atoms with Crippen molar-refractivity contribution in [3.8, 4) is 5.75 Å². The summed E-state index contributed by atoms with van der Waals surface area (Å²) in [5.41, 5.74) is 0.739. The van der Waals surface area contributed by atoms with Crippen molar-refractivity contribution in [2.75, 3.05) is 6.61 Å². The van der Waals surface area contributed by atoms with Crippen molar-refractivity contribution < 1.29 is 9.66 Å². The highest BCUT2D eigenvalue weighted by Crippen LogP contribution is 2.30. The van der Waals surface area contributed by atoms with Crippen LogP contribution < -0.4 is 4.74 Å². The van der Waals surface area contributed by atoms with Gasteiger partial charge in [-0.3, -0.25) is 10.1 Å². The predicted octanol–water partition coefficient (Wildman–Crippen LogP) is 2.72. The molecule has 0 saturated heterocycles. The molecule has 0 fully saturated rings. The molecule has 0 amide bonds. The highest BCUT2D eigenvalue weighted by atomic mass is 16.6. The van der Waals surface area contributed by atoms with Crippen molar-refractivity contribution in [2.24, 2.45) is 0 Å². The Morgan fingerprint density at radius 1 is 1.60 bits per heavy atom. The van der Waals surface area contributed by atoms with Gasteiger partial charge in [0, 0.05) is 5.56 Å². The minimum atomic E-state index is -0.406. The van der Waals surface area contributed by atoms with Gasteiger partial charge in [0.25, 0.3) is 0 Å². The van der Waals surface area contributed by atoms with Gasteiger partial charge in [0.2, 0.25) is 0 Å². The van der Waals surface area contributed by atoms with Gasteiger partial charge < -0.3 is 4.74 Å². The second kappa shape index (κ2) is 5.14. The Kier molecular flexibility index (Phi) is 3.85. The van der Waals surface area contributed by atoms with E-state index in [2.05, 4.69) is 6.58 Å². The summed E-state index contributed by atoms with van der Waals surface area (Å²) >= 11 is 0. The fraction of sp³-hybridized carbons (Fsp3) is 0.273. The van der Waals surface area contributed by atoms with E-state index in [0.29, 0.717) is 17.7 Å². The zero-order valence-electron chi connectivity index (χ0n) is 8.60. The number of aryl methyl sites for hydroxylation is 1. The summed E-state index contributed by atoms with van der Waals surface area (Å²) < 4.78 is 5.23. The van der Waals surface area contributed by atoms with Crippen molar-refractivity contribution >= 4 is 5.69 Å². The number of nitro benzene ring substituents is 1.